The fourth-order valence-electron chi connectivity index (χ4n) is 0.649. The summed E-state index contributed by atoms with van der Waals surface area (Å²) in [6.07, 6.45) is 0. The van der Waals surface area contributed by atoms with Gasteiger partial charge in [0.1, 0.15) is 5.38 Å². The van der Waals surface area contributed by atoms with Gasteiger partial charge in [0.2, 0.25) is 5.91 Å². The molecule has 0 rings (SSSR count). The van der Waals surface area contributed by atoms with Gasteiger partial charge in [-0.2, -0.15) is 0 Å². The van der Waals surface area contributed by atoms with Gasteiger partial charge in [0.15, 0.2) is 0 Å². The van der Waals surface area contributed by atoms with Crippen LogP contribution in [0.4, 0.5) is 0 Å². The fraction of sp³-hybridized carbons (Fsp3) is 0.857. The second kappa shape index (κ2) is 5.38. The molecule has 0 aliphatic carbocycles. The van der Waals surface area contributed by atoms with Crippen molar-refractivity contribution in [1.82, 2.24) is 5.32 Å². The molecule has 0 aromatic rings. The number of halogens is 1. The van der Waals surface area contributed by atoms with Gasteiger partial charge in [-0.05, 0) is 13.8 Å². The molecule has 3 nitrogen and oxygen atoms in total. The van der Waals surface area contributed by atoms with Crippen molar-refractivity contribution in [2.75, 3.05) is 13.7 Å². The molecule has 0 aliphatic heterocycles. The number of hydrogen-bond donors (Lipinski definition) is 1. The van der Waals surface area contributed by atoms with E-state index in [0.29, 0.717) is 6.61 Å². The Morgan fingerprint density at radius 2 is 2.18 bits per heavy atom. The molecule has 0 bridgehead atoms. The molecule has 2 atom stereocenters. The van der Waals surface area contributed by atoms with Gasteiger partial charge >= 0.3 is 0 Å². The molecule has 0 heterocycles. The number of carbonyl (C=O) groups is 1. The van der Waals surface area contributed by atoms with Gasteiger partial charge in [0.25, 0.3) is 0 Å². The largest absolute Gasteiger partial charge is 0.383 e. The molecule has 0 saturated carbocycles. The topological polar surface area (TPSA) is 38.3 Å². The van der Waals surface area contributed by atoms with Crippen LogP contribution in [0.25, 0.3) is 0 Å². The first kappa shape index (κ1) is 10.7. The lowest BCUT2D eigenvalue weighted by molar-refractivity contribution is -0.121. The Labute approximate surface area is 72.1 Å². The number of carbonyl (C=O) groups excluding carboxylic acids is 1. The summed E-state index contributed by atoms with van der Waals surface area (Å²) in [5.74, 6) is -0.156. The summed E-state index contributed by atoms with van der Waals surface area (Å²) in [5, 5.41) is 2.21. The van der Waals surface area contributed by atoms with Gasteiger partial charge in [-0.15, -0.1) is 11.6 Å². The summed E-state index contributed by atoms with van der Waals surface area (Å²) < 4.78 is 4.83. The second-order valence-electron chi connectivity index (χ2n) is 2.48. The van der Waals surface area contributed by atoms with Gasteiger partial charge in [0.05, 0.1) is 6.61 Å². The molecule has 0 spiro atoms. The van der Waals surface area contributed by atoms with Crippen molar-refractivity contribution in [3.63, 3.8) is 0 Å². The minimum Gasteiger partial charge on any atom is -0.383 e. The van der Waals surface area contributed by atoms with Crippen molar-refractivity contribution in [3.8, 4) is 0 Å². The van der Waals surface area contributed by atoms with Crippen LogP contribution >= 0.6 is 11.6 Å². The SMILES string of the molecule is COCC(C)NC(=O)C(C)Cl. The smallest absolute Gasteiger partial charge is 0.238 e. The number of alkyl halides is 1. The second-order valence-corrected chi connectivity index (χ2v) is 3.14. The van der Waals surface area contributed by atoms with Gasteiger partial charge < -0.3 is 10.1 Å². The van der Waals surface area contributed by atoms with Crippen LogP contribution in [0.3, 0.4) is 0 Å². The van der Waals surface area contributed by atoms with Crippen LogP contribution in [0.1, 0.15) is 13.8 Å². The lowest BCUT2D eigenvalue weighted by Gasteiger charge is -2.13. The third-order valence-electron chi connectivity index (χ3n) is 1.17. The number of rotatable bonds is 4. The van der Waals surface area contributed by atoms with E-state index in [1.165, 1.54) is 0 Å². The summed E-state index contributed by atoms with van der Waals surface area (Å²) in [6.45, 7) is 4.01. The van der Waals surface area contributed by atoms with Crippen molar-refractivity contribution in [2.24, 2.45) is 0 Å². The molecule has 11 heavy (non-hydrogen) atoms. The maximum Gasteiger partial charge on any atom is 0.238 e. The van der Waals surface area contributed by atoms with E-state index < -0.39 is 5.38 Å². The summed E-state index contributed by atoms with van der Waals surface area (Å²) in [4.78, 5) is 10.9. The van der Waals surface area contributed by atoms with E-state index in [2.05, 4.69) is 5.32 Å². The van der Waals surface area contributed by atoms with Crippen LogP contribution in [0, 0.1) is 0 Å². The Hall–Kier alpha value is -0.280. The molecule has 66 valence electrons. The van der Waals surface area contributed by atoms with Crippen LogP contribution in [0.5, 0.6) is 0 Å². The third-order valence-corrected chi connectivity index (χ3v) is 1.36. The molecule has 0 saturated heterocycles. The van der Waals surface area contributed by atoms with Crippen molar-refractivity contribution in [2.45, 2.75) is 25.3 Å². The lowest BCUT2D eigenvalue weighted by Crippen LogP contribution is -2.39. The number of nitrogens with one attached hydrogen (secondary N) is 1. The van der Waals surface area contributed by atoms with Crippen LogP contribution < -0.4 is 5.32 Å². The zero-order chi connectivity index (χ0) is 8.85. The van der Waals surface area contributed by atoms with E-state index in [1.54, 1.807) is 14.0 Å². The van der Waals surface area contributed by atoms with E-state index >= 15 is 0 Å². The maximum absolute atomic E-state index is 10.9. The Morgan fingerprint density at radius 3 is 2.55 bits per heavy atom. The van der Waals surface area contributed by atoms with Crippen molar-refractivity contribution in [1.29, 1.82) is 0 Å². The molecule has 0 aliphatic rings. The van der Waals surface area contributed by atoms with Gasteiger partial charge in [-0.25, -0.2) is 0 Å². The molecule has 2 unspecified atom stereocenters. The lowest BCUT2D eigenvalue weighted by atomic mass is 10.3. The van der Waals surface area contributed by atoms with E-state index in [1.807, 2.05) is 6.92 Å². The minimum atomic E-state index is -0.477. The van der Waals surface area contributed by atoms with Gasteiger partial charge in [-0.1, -0.05) is 0 Å². The third kappa shape index (κ3) is 5.04. The van der Waals surface area contributed by atoms with E-state index in [4.69, 9.17) is 16.3 Å². The predicted molar refractivity (Wildman–Crippen MR) is 44.8 cm³/mol. The molecular formula is C7H14ClNO2. The highest BCUT2D eigenvalue weighted by Crippen LogP contribution is 1.93. The van der Waals surface area contributed by atoms with Crippen LogP contribution in [0.15, 0.2) is 0 Å². The van der Waals surface area contributed by atoms with E-state index in [-0.39, 0.29) is 11.9 Å². The standard InChI is InChI=1S/C7H14ClNO2/c1-5(4-11-3)9-7(10)6(2)8/h5-6H,4H2,1-3H3,(H,9,10). The first-order valence-corrected chi connectivity index (χ1v) is 3.95. The minimum absolute atomic E-state index is 0.0219. The Balaban J connectivity index is 3.57. The monoisotopic (exact) mass is 179 g/mol. The first-order valence-electron chi connectivity index (χ1n) is 3.51. The number of hydrogen-bond acceptors (Lipinski definition) is 2. The van der Waals surface area contributed by atoms with E-state index in [9.17, 15) is 4.79 Å². The van der Waals surface area contributed by atoms with Crippen LogP contribution in [0.2, 0.25) is 0 Å². The van der Waals surface area contributed by atoms with Crippen molar-refractivity contribution < 1.29 is 9.53 Å². The average Bonchev–Trinajstić information content (AvgIpc) is 1.87. The Bertz CT molecular complexity index is 128. The highest BCUT2D eigenvalue weighted by atomic mass is 35.5. The Kier molecular flexibility index (Phi) is 5.24. The molecule has 1 amide bonds. The molecule has 1 N–H and O–H groups in total. The normalized spacial score (nSPS) is 15.6. The number of ether oxygens (including phenoxy) is 1. The molecule has 0 aromatic carbocycles. The quantitative estimate of drug-likeness (QED) is 0.648. The van der Waals surface area contributed by atoms with Crippen LogP contribution in [-0.2, 0) is 9.53 Å². The number of methoxy groups -OCH3 is 1. The molecule has 0 radical (unpaired) electrons. The fourth-order valence-corrected chi connectivity index (χ4v) is 0.712. The van der Waals surface area contributed by atoms with Crippen molar-refractivity contribution in [3.05, 3.63) is 0 Å². The highest BCUT2D eigenvalue weighted by Gasteiger charge is 2.11. The first-order chi connectivity index (χ1) is 5.07. The molecule has 0 aromatic heterocycles. The average molecular weight is 180 g/mol. The number of amides is 1. The summed E-state index contributed by atoms with van der Waals surface area (Å²) in [5.41, 5.74) is 0. The summed E-state index contributed by atoms with van der Waals surface area (Å²) in [7, 11) is 1.59. The van der Waals surface area contributed by atoms with Gasteiger partial charge in [-0.3, -0.25) is 4.79 Å². The zero-order valence-corrected chi connectivity index (χ0v) is 7.81. The summed E-state index contributed by atoms with van der Waals surface area (Å²) >= 11 is 5.52. The Morgan fingerprint density at radius 1 is 1.64 bits per heavy atom. The predicted octanol–water partition coefficient (Wildman–Crippen LogP) is 0.765. The van der Waals surface area contributed by atoms with Crippen LogP contribution in [-0.4, -0.2) is 31.0 Å². The molecule has 0 fully saturated rings. The maximum atomic E-state index is 10.9. The molecular weight excluding hydrogens is 166 g/mol. The zero-order valence-electron chi connectivity index (χ0n) is 7.06. The van der Waals surface area contributed by atoms with E-state index in [0.717, 1.165) is 0 Å². The highest BCUT2D eigenvalue weighted by molar-refractivity contribution is 6.30. The van der Waals surface area contributed by atoms with Crippen molar-refractivity contribution >= 4 is 17.5 Å². The van der Waals surface area contributed by atoms with Gasteiger partial charge in [0, 0.05) is 13.2 Å². The summed E-state index contributed by atoms with van der Waals surface area (Å²) in [6, 6.07) is 0.0219. The molecule has 4 heteroatoms.